The molecule has 6 heteroatoms. The maximum Gasteiger partial charge on any atom is 0.317 e. The Balaban J connectivity index is 1.99. The number of aromatic nitrogens is 1. The van der Waals surface area contributed by atoms with Gasteiger partial charge in [0.15, 0.2) is 0 Å². The van der Waals surface area contributed by atoms with Crippen LogP contribution >= 0.6 is 0 Å². The van der Waals surface area contributed by atoms with Crippen molar-refractivity contribution in [2.75, 3.05) is 13.1 Å². The summed E-state index contributed by atoms with van der Waals surface area (Å²) in [5.74, 6) is -0.845. The predicted octanol–water partition coefficient (Wildman–Crippen LogP) is 2.04. The minimum Gasteiger partial charge on any atom is -0.481 e. The number of rotatable bonds is 3. The van der Waals surface area contributed by atoms with Crippen LogP contribution < -0.4 is 5.32 Å². The van der Waals surface area contributed by atoms with Crippen molar-refractivity contribution in [3.8, 4) is 0 Å². The van der Waals surface area contributed by atoms with Crippen LogP contribution in [0.25, 0.3) is 0 Å². The van der Waals surface area contributed by atoms with E-state index in [0.717, 1.165) is 5.56 Å². The summed E-state index contributed by atoms with van der Waals surface area (Å²) in [6.45, 7) is 4.43. The Hall–Kier alpha value is -2.11. The molecule has 1 aliphatic rings. The van der Waals surface area contributed by atoms with Crippen LogP contribution in [-0.2, 0) is 4.79 Å². The van der Waals surface area contributed by atoms with Crippen LogP contribution in [-0.4, -0.2) is 40.1 Å². The number of likely N-dealkylation sites (tertiary alicyclic amines) is 1. The summed E-state index contributed by atoms with van der Waals surface area (Å²) in [4.78, 5) is 29.2. The lowest BCUT2D eigenvalue weighted by Crippen LogP contribution is -2.51. The number of pyridine rings is 1. The normalized spacial score (nSPS) is 23.4. The lowest BCUT2D eigenvalue weighted by Gasteiger charge is -2.37. The molecule has 0 bridgehead atoms. The Morgan fingerprint density at radius 2 is 2.10 bits per heavy atom. The van der Waals surface area contributed by atoms with Crippen LogP contribution in [0.5, 0.6) is 0 Å². The summed E-state index contributed by atoms with van der Waals surface area (Å²) in [5, 5.41) is 12.2. The monoisotopic (exact) mass is 291 g/mol. The largest absolute Gasteiger partial charge is 0.481 e. The van der Waals surface area contributed by atoms with Crippen molar-refractivity contribution >= 4 is 12.0 Å². The molecule has 1 saturated heterocycles. The molecule has 2 amide bonds. The zero-order valence-electron chi connectivity index (χ0n) is 12.4. The molecular weight excluding hydrogens is 270 g/mol. The van der Waals surface area contributed by atoms with E-state index in [9.17, 15) is 14.7 Å². The second-order valence-electron chi connectivity index (χ2n) is 5.84. The highest BCUT2D eigenvalue weighted by Gasteiger charge is 2.39. The molecule has 0 aliphatic carbocycles. The van der Waals surface area contributed by atoms with Gasteiger partial charge in [0.25, 0.3) is 0 Å². The van der Waals surface area contributed by atoms with Crippen molar-refractivity contribution < 1.29 is 14.7 Å². The van der Waals surface area contributed by atoms with Crippen molar-refractivity contribution in [1.82, 2.24) is 15.2 Å². The van der Waals surface area contributed by atoms with E-state index < -0.39 is 11.4 Å². The summed E-state index contributed by atoms with van der Waals surface area (Å²) >= 11 is 0. The number of hydrogen-bond acceptors (Lipinski definition) is 3. The van der Waals surface area contributed by atoms with E-state index in [1.165, 1.54) is 0 Å². The first-order valence-electron chi connectivity index (χ1n) is 7.11. The van der Waals surface area contributed by atoms with Gasteiger partial charge >= 0.3 is 12.0 Å². The van der Waals surface area contributed by atoms with Gasteiger partial charge in [0.2, 0.25) is 0 Å². The SMILES string of the molecule is CC(NC(=O)N1CCCC(C)(C(=O)O)C1)c1ccncc1. The number of hydrogen-bond donors (Lipinski definition) is 2. The number of carboxylic acids is 1. The van der Waals surface area contributed by atoms with E-state index in [0.29, 0.717) is 19.4 Å². The molecule has 1 fully saturated rings. The number of amides is 2. The van der Waals surface area contributed by atoms with Crippen molar-refractivity contribution in [3.63, 3.8) is 0 Å². The van der Waals surface area contributed by atoms with Crippen LogP contribution in [0.2, 0.25) is 0 Å². The Kier molecular flexibility index (Phi) is 4.45. The summed E-state index contributed by atoms with van der Waals surface area (Å²) in [6.07, 6.45) is 4.67. The first kappa shape index (κ1) is 15.3. The number of nitrogens with zero attached hydrogens (tertiary/aromatic N) is 2. The summed E-state index contributed by atoms with van der Waals surface area (Å²) in [7, 11) is 0. The third-order valence-electron chi connectivity index (χ3n) is 4.05. The molecule has 21 heavy (non-hydrogen) atoms. The van der Waals surface area contributed by atoms with Gasteiger partial charge in [-0.3, -0.25) is 9.78 Å². The number of piperidine rings is 1. The van der Waals surface area contributed by atoms with Crippen LogP contribution in [0.15, 0.2) is 24.5 Å². The number of aliphatic carboxylic acids is 1. The van der Waals surface area contributed by atoms with Gasteiger partial charge in [0.1, 0.15) is 0 Å². The second kappa shape index (κ2) is 6.11. The highest BCUT2D eigenvalue weighted by atomic mass is 16.4. The van der Waals surface area contributed by atoms with Crippen LogP contribution in [0.3, 0.4) is 0 Å². The standard InChI is InChI=1S/C15H21N3O3/c1-11(12-4-7-16-8-5-12)17-14(21)18-9-3-6-15(2,10-18)13(19)20/h4-5,7-8,11H,3,6,9-10H2,1-2H3,(H,17,21)(H,19,20). The molecule has 1 aromatic rings. The van der Waals surface area contributed by atoms with Gasteiger partial charge in [0, 0.05) is 25.5 Å². The summed E-state index contributed by atoms with van der Waals surface area (Å²) in [6, 6.07) is 3.34. The fourth-order valence-corrected chi connectivity index (χ4v) is 2.60. The topological polar surface area (TPSA) is 82.5 Å². The molecule has 2 N–H and O–H groups in total. The highest BCUT2D eigenvalue weighted by molar-refractivity contribution is 5.78. The van der Waals surface area contributed by atoms with E-state index in [1.54, 1.807) is 24.2 Å². The molecule has 2 atom stereocenters. The molecule has 6 nitrogen and oxygen atoms in total. The molecule has 114 valence electrons. The molecule has 0 saturated carbocycles. The van der Waals surface area contributed by atoms with E-state index in [4.69, 9.17) is 0 Å². The minimum absolute atomic E-state index is 0.140. The van der Waals surface area contributed by atoms with Gasteiger partial charge < -0.3 is 15.3 Å². The Bertz CT molecular complexity index is 520. The van der Waals surface area contributed by atoms with Crippen LogP contribution in [0.1, 0.15) is 38.3 Å². The molecule has 2 heterocycles. The number of carbonyl (C=O) groups excluding carboxylic acids is 1. The number of nitrogens with one attached hydrogen (secondary N) is 1. The fourth-order valence-electron chi connectivity index (χ4n) is 2.60. The van der Waals surface area contributed by atoms with Crippen LogP contribution in [0, 0.1) is 5.41 Å². The zero-order chi connectivity index (χ0) is 15.5. The van der Waals surface area contributed by atoms with Crippen molar-refractivity contribution in [1.29, 1.82) is 0 Å². The van der Waals surface area contributed by atoms with Gasteiger partial charge in [0.05, 0.1) is 11.5 Å². The first-order chi connectivity index (χ1) is 9.92. The first-order valence-corrected chi connectivity index (χ1v) is 7.11. The van der Waals surface area contributed by atoms with Gasteiger partial charge in [-0.15, -0.1) is 0 Å². The maximum absolute atomic E-state index is 12.3. The minimum atomic E-state index is -0.852. The maximum atomic E-state index is 12.3. The van der Waals surface area contributed by atoms with Crippen molar-refractivity contribution in [3.05, 3.63) is 30.1 Å². The molecular formula is C15H21N3O3. The average Bonchev–Trinajstić information content (AvgIpc) is 2.48. The number of carboxylic acid groups (broad SMARTS) is 1. The van der Waals surface area contributed by atoms with E-state index >= 15 is 0 Å². The lowest BCUT2D eigenvalue weighted by atomic mass is 9.82. The highest BCUT2D eigenvalue weighted by Crippen LogP contribution is 2.29. The molecule has 0 spiro atoms. The molecule has 1 aromatic heterocycles. The van der Waals surface area contributed by atoms with Crippen molar-refractivity contribution in [2.45, 2.75) is 32.7 Å². The third kappa shape index (κ3) is 3.51. The number of carbonyl (C=O) groups is 2. The molecule has 1 aliphatic heterocycles. The van der Waals surface area contributed by atoms with Crippen LogP contribution in [0.4, 0.5) is 4.79 Å². The van der Waals surface area contributed by atoms with Gasteiger partial charge in [-0.25, -0.2) is 4.79 Å². The third-order valence-corrected chi connectivity index (χ3v) is 4.05. The molecule has 0 radical (unpaired) electrons. The lowest BCUT2D eigenvalue weighted by molar-refractivity contribution is -0.150. The predicted molar refractivity (Wildman–Crippen MR) is 77.7 cm³/mol. The second-order valence-corrected chi connectivity index (χ2v) is 5.84. The Morgan fingerprint density at radius 1 is 1.43 bits per heavy atom. The molecule has 2 rings (SSSR count). The molecule has 2 unspecified atom stereocenters. The summed E-state index contributed by atoms with van der Waals surface area (Å²) < 4.78 is 0. The van der Waals surface area contributed by atoms with Gasteiger partial charge in [-0.2, -0.15) is 0 Å². The van der Waals surface area contributed by atoms with Gasteiger partial charge in [-0.1, -0.05) is 0 Å². The van der Waals surface area contributed by atoms with Gasteiger partial charge in [-0.05, 0) is 44.4 Å². The quantitative estimate of drug-likeness (QED) is 0.892. The van der Waals surface area contributed by atoms with E-state index in [2.05, 4.69) is 10.3 Å². The zero-order valence-corrected chi connectivity index (χ0v) is 12.4. The Morgan fingerprint density at radius 3 is 2.71 bits per heavy atom. The fraction of sp³-hybridized carbons (Fsp3) is 0.533. The Labute approximate surface area is 124 Å². The van der Waals surface area contributed by atoms with E-state index in [1.807, 2.05) is 19.1 Å². The molecule has 0 aromatic carbocycles. The van der Waals surface area contributed by atoms with Crippen molar-refractivity contribution in [2.24, 2.45) is 5.41 Å². The van der Waals surface area contributed by atoms with E-state index in [-0.39, 0.29) is 18.6 Å². The average molecular weight is 291 g/mol. The number of urea groups is 1. The smallest absolute Gasteiger partial charge is 0.317 e. The summed E-state index contributed by atoms with van der Waals surface area (Å²) in [5.41, 5.74) is 0.117.